The average Bonchev–Trinajstić information content (AvgIpc) is 3.44. The molecule has 174 valence electrons. The number of nitrogens with zero attached hydrogens (tertiary/aromatic N) is 3. The summed E-state index contributed by atoms with van der Waals surface area (Å²) in [5.74, 6) is 0.588. The highest BCUT2D eigenvalue weighted by Gasteiger charge is 2.34. The van der Waals surface area contributed by atoms with E-state index in [1.165, 1.54) is 17.4 Å². The minimum atomic E-state index is -0.308. The normalized spacial score (nSPS) is 15.1. The number of aromatic nitrogens is 3. The lowest BCUT2D eigenvalue weighted by atomic mass is 9.85. The lowest BCUT2D eigenvalue weighted by Crippen LogP contribution is -2.25. The van der Waals surface area contributed by atoms with Crippen molar-refractivity contribution in [3.05, 3.63) is 101 Å². The molecule has 8 heteroatoms. The molecule has 35 heavy (non-hydrogen) atoms. The van der Waals surface area contributed by atoms with Gasteiger partial charge >= 0.3 is 0 Å². The van der Waals surface area contributed by atoms with Crippen LogP contribution in [0.25, 0.3) is 15.3 Å². The zero-order valence-corrected chi connectivity index (χ0v) is 19.7. The first-order valence-corrected chi connectivity index (χ1v) is 12.1. The Hall–Kier alpha value is -4.04. The highest BCUT2D eigenvalue weighted by atomic mass is 32.1. The van der Waals surface area contributed by atoms with Crippen LogP contribution in [-0.4, -0.2) is 20.7 Å². The molecule has 0 aliphatic carbocycles. The number of halogens is 1. The van der Waals surface area contributed by atoms with Gasteiger partial charge in [0.2, 0.25) is 11.0 Å². The summed E-state index contributed by atoms with van der Waals surface area (Å²) < 4.78 is 23.0. The molecule has 1 N–H and O–H groups in total. The van der Waals surface area contributed by atoms with Crippen LogP contribution in [0.5, 0.6) is 5.75 Å². The number of nitrogens with one attached hydrogen (secondary N) is 1. The maximum atomic E-state index is 14.1. The van der Waals surface area contributed by atoms with Gasteiger partial charge in [-0.3, -0.25) is 4.79 Å². The number of carbonyl (C=O) groups is 1. The summed E-state index contributed by atoms with van der Waals surface area (Å²) in [5, 5.41) is 8.47. The first kappa shape index (κ1) is 21.5. The lowest BCUT2D eigenvalue weighted by molar-refractivity contribution is -0.116. The van der Waals surface area contributed by atoms with Gasteiger partial charge in [0.15, 0.2) is 0 Å². The highest BCUT2D eigenvalue weighted by Crippen LogP contribution is 2.43. The van der Waals surface area contributed by atoms with Gasteiger partial charge in [0.25, 0.3) is 0 Å². The van der Waals surface area contributed by atoms with Crippen molar-refractivity contribution in [2.75, 3.05) is 5.32 Å². The van der Waals surface area contributed by atoms with Crippen LogP contribution in [0.2, 0.25) is 0 Å². The number of hydrogen-bond donors (Lipinski definition) is 1. The fourth-order valence-electron chi connectivity index (χ4n) is 4.57. The molecule has 0 saturated heterocycles. The predicted octanol–water partition coefficient (Wildman–Crippen LogP) is 5.98. The monoisotopic (exact) mass is 484 g/mol. The predicted molar refractivity (Wildman–Crippen MR) is 134 cm³/mol. The fraction of sp³-hybridized carbons (Fsp3) is 0.148. The minimum Gasteiger partial charge on any atom is -0.488 e. The summed E-state index contributed by atoms with van der Waals surface area (Å²) in [6, 6.07) is 22.1. The highest BCUT2D eigenvalue weighted by molar-refractivity contribution is 7.20. The van der Waals surface area contributed by atoms with Crippen LogP contribution in [0, 0.1) is 12.7 Å². The fourth-order valence-corrected chi connectivity index (χ4v) is 5.50. The van der Waals surface area contributed by atoms with Gasteiger partial charge < -0.3 is 10.1 Å². The number of aryl methyl sites for hydroxylation is 1. The van der Waals surface area contributed by atoms with Crippen LogP contribution in [0.15, 0.2) is 72.8 Å². The topological polar surface area (TPSA) is 69.0 Å². The van der Waals surface area contributed by atoms with E-state index in [0.717, 1.165) is 27.0 Å². The molecular weight excluding hydrogens is 463 g/mol. The van der Waals surface area contributed by atoms with Crippen LogP contribution in [-0.2, 0) is 11.4 Å². The smallest absolute Gasteiger partial charge is 0.226 e. The van der Waals surface area contributed by atoms with Crippen molar-refractivity contribution >= 4 is 33.3 Å². The molecular formula is C27H21FN4O2S. The Morgan fingerprint density at radius 1 is 1.09 bits per heavy atom. The van der Waals surface area contributed by atoms with Gasteiger partial charge in [-0.05, 0) is 31.2 Å². The number of para-hydroxylation sites is 2. The maximum absolute atomic E-state index is 14.1. The Balaban J connectivity index is 1.40. The lowest BCUT2D eigenvalue weighted by Gasteiger charge is -2.25. The number of carbonyl (C=O) groups excluding carboxylic acids is 1. The SMILES string of the molecule is Cc1nn(-c2nc3ccccc3s2)c2c1[C@H](c1ccccc1OCc1ccccc1F)CC(=O)N2. The van der Waals surface area contributed by atoms with E-state index in [-0.39, 0.29) is 30.7 Å². The zero-order valence-electron chi connectivity index (χ0n) is 18.9. The molecule has 0 fully saturated rings. The Kier molecular flexibility index (Phi) is 5.30. The largest absolute Gasteiger partial charge is 0.488 e. The van der Waals surface area contributed by atoms with Crippen molar-refractivity contribution in [3.63, 3.8) is 0 Å². The van der Waals surface area contributed by atoms with E-state index in [1.807, 2.05) is 55.5 Å². The second kappa shape index (κ2) is 8.63. The maximum Gasteiger partial charge on any atom is 0.226 e. The van der Waals surface area contributed by atoms with Crippen molar-refractivity contribution in [1.29, 1.82) is 0 Å². The van der Waals surface area contributed by atoms with E-state index in [2.05, 4.69) is 5.32 Å². The second-order valence-electron chi connectivity index (χ2n) is 8.45. The summed E-state index contributed by atoms with van der Waals surface area (Å²) in [6.45, 7) is 2.04. The van der Waals surface area contributed by atoms with Gasteiger partial charge in [-0.2, -0.15) is 9.78 Å². The van der Waals surface area contributed by atoms with Crippen LogP contribution in [0.4, 0.5) is 10.2 Å². The Morgan fingerprint density at radius 2 is 1.86 bits per heavy atom. The number of amides is 1. The molecule has 3 heterocycles. The minimum absolute atomic E-state index is 0.0966. The Morgan fingerprint density at radius 3 is 2.71 bits per heavy atom. The molecule has 1 aliphatic heterocycles. The number of benzene rings is 3. The van der Waals surface area contributed by atoms with Gasteiger partial charge in [0.05, 0.1) is 15.9 Å². The van der Waals surface area contributed by atoms with Crippen molar-refractivity contribution in [1.82, 2.24) is 14.8 Å². The van der Waals surface area contributed by atoms with Gasteiger partial charge in [-0.15, -0.1) is 0 Å². The molecule has 6 nitrogen and oxygen atoms in total. The second-order valence-corrected chi connectivity index (χ2v) is 9.46. The zero-order chi connectivity index (χ0) is 23.9. The Labute approximate surface area is 205 Å². The quantitative estimate of drug-likeness (QED) is 0.333. The van der Waals surface area contributed by atoms with E-state index in [9.17, 15) is 9.18 Å². The third-order valence-corrected chi connectivity index (χ3v) is 7.21. The number of ether oxygens (including phenoxy) is 1. The molecule has 6 rings (SSSR count). The number of fused-ring (bicyclic) bond motifs is 2. The third kappa shape index (κ3) is 3.85. The molecule has 0 bridgehead atoms. The van der Waals surface area contributed by atoms with E-state index >= 15 is 0 Å². The van der Waals surface area contributed by atoms with Gasteiger partial charge in [0.1, 0.15) is 24.0 Å². The average molecular weight is 485 g/mol. The summed E-state index contributed by atoms with van der Waals surface area (Å²) in [4.78, 5) is 17.6. The molecule has 3 aromatic carbocycles. The number of thiazole rings is 1. The molecule has 1 amide bonds. The van der Waals surface area contributed by atoms with Crippen molar-refractivity contribution in [2.45, 2.75) is 25.9 Å². The molecule has 0 saturated carbocycles. The van der Waals surface area contributed by atoms with Crippen LogP contribution < -0.4 is 10.1 Å². The molecule has 0 spiro atoms. The summed E-state index contributed by atoms with van der Waals surface area (Å²) >= 11 is 1.52. The summed E-state index contributed by atoms with van der Waals surface area (Å²) in [5.41, 5.74) is 3.98. The molecule has 1 aliphatic rings. The Bertz CT molecular complexity index is 1540. The molecule has 2 aromatic heterocycles. The van der Waals surface area contributed by atoms with E-state index < -0.39 is 0 Å². The van der Waals surface area contributed by atoms with Crippen molar-refractivity contribution < 1.29 is 13.9 Å². The molecule has 0 unspecified atom stereocenters. The van der Waals surface area contributed by atoms with Gasteiger partial charge in [-0.1, -0.05) is 59.9 Å². The molecule has 0 radical (unpaired) electrons. The summed E-state index contributed by atoms with van der Waals surface area (Å²) in [7, 11) is 0. The van der Waals surface area contributed by atoms with E-state index in [4.69, 9.17) is 14.8 Å². The van der Waals surface area contributed by atoms with Gasteiger partial charge in [-0.25, -0.2) is 9.37 Å². The number of anilines is 1. The number of hydrogen-bond acceptors (Lipinski definition) is 5. The van der Waals surface area contributed by atoms with Crippen molar-refractivity contribution in [3.8, 4) is 10.9 Å². The first-order valence-electron chi connectivity index (χ1n) is 11.3. The van der Waals surface area contributed by atoms with E-state index in [1.54, 1.807) is 22.9 Å². The number of rotatable bonds is 5. The third-order valence-electron chi connectivity index (χ3n) is 6.20. The van der Waals surface area contributed by atoms with Crippen LogP contribution >= 0.6 is 11.3 Å². The van der Waals surface area contributed by atoms with Crippen LogP contribution in [0.1, 0.15) is 34.7 Å². The van der Waals surface area contributed by atoms with E-state index in [0.29, 0.717) is 22.3 Å². The van der Waals surface area contributed by atoms with Gasteiger partial charge in [0, 0.05) is 29.0 Å². The van der Waals surface area contributed by atoms with Crippen LogP contribution in [0.3, 0.4) is 0 Å². The molecule has 1 atom stereocenters. The first-order chi connectivity index (χ1) is 17.1. The molecule has 5 aromatic rings. The van der Waals surface area contributed by atoms with Crippen molar-refractivity contribution in [2.24, 2.45) is 0 Å². The standard InChI is InChI=1S/C27H21FN4O2S/c1-16-25-19(18-9-3-6-12-22(18)34-15-17-8-2-4-10-20(17)28)14-24(33)30-26(25)32(31-16)27-29-21-11-5-7-13-23(21)35-27/h2-13,19H,14-15H2,1H3,(H,30,33)/t19-/m0/s1. The summed E-state index contributed by atoms with van der Waals surface area (Å²) in [6.07, 6.45) is 0.263.